The van der Waals surface area contributed by atoms with Crippen molar-refractivity contribution < 1.29 is 5.11 Å². The number of hydrogen-bond acceptors (Lipinski definition) is 4. The van der Waals surface area contributed by atoms with Crippen LogP contribution in [0.2, 0.25) is 0 Å². The Kier molecular flexibility index (Phi) is 2.22. The van der Waals surface area contributed by atoms with Crippen molar-refractivity contribution in [2.45, 2.75) is 6.54 Å². The molecule has 0 fully saturated rings. The van der Waals surface area contributed by atoms with Gasteiger partial charge in [0.2, 0.25) is 0 Å². The topological polar surface area (TPSA) is 81.1 Å². The van der Waals surface area contributed by atoms with Gasteiger partial charge in [-0.25, -0.2) is 4.79 Å². The van der Waals surface area contributed by atoms with Gasteiger partial charge < -0.3 is 10.8 Å². The van der Waals surface area contributed by atoms with E-state index in [4.69, 9.17) is 10.8 Å². The van der Waals surface area contributed by atoms with Gasteiger partial charge in [0.15, 0.2) is 0 Å². The molecular weight excluding hydrogens is 146 g/mol. The molecule has 0 spiro atoms. The maximum atomic E-state index is 10.9. The summed E-state index contributed by atoms with van der Waals surface area (Å²) in [5.41, 5.74) is 4.81. The Morgan fingerprint density at radius 1 is 1.73 bits per heavy atom. The molecule has 0 amide bonds. The van der Waals surface area contributed by atoms with Crippen molar-refractivity contribution in [1.82, 2.24) is 9.55 Å². The first-order valence-corrected chi connectivity index (χ1v) is 3.18. The molecule has 0 aliphatic carbocycles. The van der Waals surface area contributed by atoms with Crippen molar-refractivity contribution in [3.63, 3.8) is 0 Å². The quantitative estimate of drug-likeness (QED) is 0.563. The zero-order valence-electron chi connectivity index (χ0n) is 5.90. The number of nitrogens with two attached hydrogens (primary N) is 1. The van der Waals surface area contributed by atoms with Crippen molar-refractivity contribution >= 4 is 5.82 Å². The number of aliphatic hydroxyl groups excluding tert-OH is 1. The molecule has 5 heteroatoms. The Hall–Kier alpha value is -1.36. The maximum Gasteiger partial charge on any atom is 0.349 e. The summed E-state index contributed by atoms with van der Waals surface area (Å²) in [5, 5.41) is 8.49. The van der Waals surface area contributed by atoms with Gasteiger partial charge in [-0.3, -0.25) is 4.57 Å². The molecule has 0 unspecified atom stereocenters. The van der Waals surface area contributed by atoms with Gasteiger partial charge in [0.25, 0.3) is 0 Å². The summed E-state index contributed by atoms with van der Waals surface area (Å²) in [6, 6.07) is 1.51. The van der Waals surface area contributed by atoms with E-state index in [9.17, 15) is 4.79 Å². The fraction of sp³-hybridized carbons (Fsp3) is 0.333. The van der Waals surface area contributed by atoms with Crippen LogP contribution in [0, 0.1) is 0 Å². The van der Waals surface area contributed by atoms with Crippen LogP contribution in [0.25, 0.3) is 0 Å². The highest BCUT2D eigenvalue weighted by Gasteiger charge is 1.94. The number of rotatable bonds is 2. The molecule has 0 atom stereocenters. The Balaban J connectivity index is 3.00. The molecule has 5 nitrogen and oxygen atoms in total. The molecule has 60 valence electrons. The van der Waals surface area contributed by atoms with E-state index < -0.39 is 5.69 Å². The summed E-state index contributed by atoms with van der Waals surface area (Å²) >= 11 is 0. The molecule has 0 aliphatic heterocycles. The van der Waals surface area contributed by atoms with E-state index in [1.54, 1.807) is 0 Å². The molecule has 0 bridgehead atoms. The van der Waals surface area contributed by atoms with E-state index in [1.807, 2.05) is 0 Å². The minimum atomic E-state index is -0.431. The van der Waals surface area contributed by atoms with Crippen molar-refractivity contribution in [2.24, 2.45) is 0 Å². The van der Waals surface area contributed by atoms with Gasteiger partial charge in [-0.15, -0.1) is 0 Å². The molecule has 0 saturated carbocycles. The monoisotopic (exact) mass is 155 g/mol. The van der Waals surface area contributed by atoms with Crippen LogP contribution in [0.15, 0.2) is 17.1 Å². The Bertz CT molecular complexity index is 294. The predicted molar refractivity (Wildman–Crippen MR) is 40.0 cm³/mol. The molecule has 11 heavy (non-hydrogen) atoms. The minimum Gasteiger partial charge on any atom is -0.395 e. The van der Waals surface area contributed by atoms with Crippen molar-refractivity contribution in [2.75, 3.05) is 12.3 Å². The van der Waals surface area contributed by atoms with E-state index in [2.05, 4.69) is 4.98 Å². The summed E-state index contributed by atoms with van der Waals surface area (Å²) in [5.74, 6) is 0.198. The molecule has 0 aliphatic rings. The van der Waals surface area contributed by atoms with Gasteiger partial charge in [-0.2, -0.15) is 4.98 Å². The minimum absolute atomic E-state index is 0.0779. The molecule has 1 heterocycles. The van der Waals surface area contributed by atoms with Gasteiger partial charge >= 0.3 is 5.69 Å². The fourth-order valence-corrected chi connectivity index (χ4v) is 0.720. The highest BCUT2D eigenvalue weighted by molar-refractivity contribution is 5.23. The first-order valence-electron chi connectivity index (χ1n) is 3.18. The number of anilines is 1. The van der Waals surface area contributed by atoms with Crippen LogP contribution in [0.1, 0.15) is 0 Å². The van der Waals surface area contributed by atoms with E-state index in [-0.39, 0.29) is 19.0 Å². The van der Waals surface area contributed by atoms with Crippen LogP contribution < -0.4 is 11.4 Å². The smallest absolute Gasteiger partial charge is 0.349 e. The first kappa shape index (κ1) is 7.74. The lowest BCUT2D eigenvalue weighted by Crippen LogP contribution is -2.24. The average molecular weight is 155 g/mol. The third-order valence-corrected chi connectivity index (χ3v) is 1.24. The Labute approximate surface area is 63.1 Å². The van der Waals surface area contributed by atoms with Crippen LogP contribution in [0.5, 0.6) is 0 Å². The molecule has 0 saturated heterocycles. The van der Waals surface area contributed by atoms with Crippen LogP contribution in [0.4, 0.5) is 5.82 Å². The standard InChI is InChI=1S/C6H9N3O2/c7-5-1-2-9(3-4-10)6(11)8-5/h1-2,10H,3-4H2,(H2,7,8,11). The number of hydrogen-bond donors (Lipinski definition) is 2. The van der Waals surface area contributed by atoms with Gasteiger partial charge in [0.1, 0.15) is 5.82 Å². The first-order chi connectivity index (χ1) is 5.24. The Morgan fingerprint density at radius 3 is 3.00 bits per heavy atom. The van der Waals surface area contributed by atoms with E-state index in [1.165, 1.54) is 16.8 Å². The number of nitrogens with zero attached hydrogens (tertiary/aromatic N) is 2. The summed E-state index contributed by atoms with van der Waals surface area (Å²) < 4.78 is 1.29. The third-order valence-electron chi connectivity index (χ3n) is 1.24. The Morgan fingerprint density at radius 2 is 2.45 bits per heavy atom. The molecular formula is C6H9N3O2. The predicted octanol–water partition coefficient (Wildman–Crippen LogP) is -1.18. The van der Waals surface area contributed by atoms with Crippen LogP contribution in [0.3, 0.4) is 0 Å². The molecule has 1 aromatic rings. The zero-order valence-corrected chi connectivity index (χ0v) is 5.90. The maximum absolute atomic E-state index is 10.9. The van der Waals surface area contributed by atoms with Gasteiger partial charge in [0, 0.05) is 6.20 Å². The summed E-state index contributed by atoms with van der Waals surface area (Å²) in [7, 11) is 0. The molecule has 0 aromatic carbocycles. The lowest BCUT2D eigenvalue weighted by atomic mass is 10.5. The average Bonchev–Trinajstić information content (AvgIpc) is 1.95. The third kappa shape index (κ3) is 1.78. The van der Waals surface area contributed by atoms with Crippen molar-refractivity contribution in [3.8, 4) is 0 Å². The summed E-state index contributed by atoms with van der Waals surface area (Å²) in [4.78, 5) is 14.4. The normalized spacial score (nSPS) is 9.91. The number of nitrogen functional groups attached to an aromatic ring is 1. The molecule has 3 N–H and O–H groups in total. The molecule has 1 rings (SSSR count). The van der Waals surface area contributed by atoms with Crippen LogP contribution in [-0.4, -0.2) is 21.3 Å². The van der Waals surface area contributed by atoms with Crippen molar-refractivity contribution in [3.05, 3.63) is 22.7 Å². The molecule has 0 radical (unpaired) electrons. The van der Waals surface area contributed by atoms with Crippen molar-refractivity contribution in [1.29, 1.82) is 0 Å². The number of aromatic nitrogens is 2. The lowest BCUT2D eigenvalue weighted by molar-refractivity contribution is 0.273. The summed E-state index contributed by atoms with van der Waals surface area (Å²) in [6.45, 7) is 0.178. The van der Waals surface area contributed by atoms with Crippen LogP contribution in [-0.2, 0) is 6.54 Å². The van der Waals surface area contributed by atoms with Gasteiger partial charge in [0.05, 0.1) is 13.2 Å². The van der Waals surface area contributed by atoms with Gasteiger partial charge in [-0.1, -0.05) is 0 Å². The van der Waals surface area contributed by atoms with E-state index >= 15 is 0 Å². The van der Waals surface area contributed by atoms with Crippen LogP contribution >= 0.6 is 0 Å². The van der Waals surface area contributed by atoms with Gasteiger partial charge in [-0.05, 0) is 6.07 Å². The molecule has 1 aromatic heterocycles. The second-order valence-electron chi connectivity index (χ2n) is 2.05. The van der Waals surface area contributed by atoms with E-state index in [0.29, 0.717) is 0 Å². The fourth-order valence-electron chi connectivity index (χ4n) is 0.720. The highest BCUT2D eigenvalue weighted by Crippen LogP contribution is 1.88. The summed E-state index contributed by atoms with van der Waals surface area (Å²) in [6.07, 6.45) is 1.50. The lowest BCUT2D eigenvalue weighted by Gasteiger charge is -2.00. The van der Waals surface area contributed by atoms with E-state index in [0.717, 1.165) is 0 Å². The number of aliphatic hydroxyl groups is 1. The highest BCUT2D eigenvalue weighted by atomic mass is 16.3. The second kappa shape index (κ2) is 3.16. The largest absolute Gasteiger partial charge is 0.395 e. The SMILES string of the molecule is Nc1ccn(CCO)c(=O)n1. The zero-order chi connectivity index (χ0) is 8.27. The second-order valence-corrected chi connectivity index (χ2v) is 2.05.